The lowest BCUT2D eigenvalue weighted by Crippen LogP contribution is -2.09. The van der Waals surface area contributed by atoms with Gasteiger partial charge >= 0.3 is 5.97 Å². The zero-order chi connectivity index (χ0) is 26.0. The highest BCUT2D eigenvalue weighted by atomic mass is 16.5. The molecule has 4 rings (SSSR count). The topological polar surface area (TPSA) is 93.9 Å². The minimum Gasteiger partial charge on any atom is -0.497 e. The number of carbonyl (C=O) groups is 1. The molecule has 0 fully saturated rings. The summed E-state index contributed by atoms with van der Waals surface area (Å²) in [6.07, 6.45) is 0. The summed E-state index contributed by atoms with van der Waals surface area (Å²) in [5, 5.41) is 8.17. The Balaban J connectivity index is 1.52. The number of esters is 1. The van der Waals surface area contributed by atoms with Crippen LogP contribution in [0.4, 0.5) is 0 Å². The van der Waals surface area contributed by atoms with E-state index in [-0.39, 0.29) is 18.2 Å². The first-order chi connectivity index (χ1) is 18.1. The zero-order valence-corrected chi connectivity index (χ0v) is 21.0. The molecule has 9 nitrogen and oxygen atoms in total. The van der Waals surface area contributed by atoms with Gasteiger partial charge < -0.3 is 23.7 Å². The van der Waals surface area contributed by atoms with Crippen molar-refractivity contribution in [3.63, 3.8) is 0 Å². The Hall–Kier alpha value is -4.37. The number of nitrogens with zero attached hydrogens (tertiary/aromatic N) is 3. The smallest absolute Gasteiger partial charge is 0.364 e. The molecule has 0 unspecified atom stereocenters. The second kappa shape index (κ2) is 12.5. The molecular weight excluding hydrogens is 474 g/mol. The zero-order valence-electron chi connectivity index (χ0n) is 21.0. The first-order valence-corrected chi connectivity index (χ1v) is 11.8. The third-order valence-electron chi connectivity index (χ3n) is 5.46. The van der Waals surface area contributed by atoms with Gasteiger partial charge in [0.2, 0.25) is 5.69 Å². The fraction of sp³-hybridized carbons (Fsp3) is 0.250. The molecule has 3 aromatic carbocycles. The summed E-state index contributed by atoms with van der Waals surface area (Å²) < 4.78 is 28.6. The highest BCUT2D eigenvalue weighted by Crippen LogP contribution is 2.29. The predicted octanol–water partition coefficient (Wildman–Crippen LogP) is 5.00. The van der Waals surface area contributed by atoms with E-state index < -0.39 is 5.97 Å². The summed E-state index contributed by atoms with van der Waals surface area (Å²) in [6, 6.07) is 22.9. The fourth-order valence-electron chi connectivity index (χ4n) is 3.55. The van der Waals surface area contributed by atoms with Crippen molar-refractivity contribution in [1.82, 2.24) is 15.0 Å². The molecule has 0 N–H and O–H groups in total. The molecule has 0 saturated carbocycles. The van der Waals surface area contributed by atoms with Crippen molar-refractivity contribution in [3.05, 3.63) is 84.1 Å². The van der Waals surface area contributed by atoms with Crippen LogP contribution in [0.1, 0.15) is 23.0 Å². The van der Waals surface area contributed by atoms with Crippen molar-refractivity contribution in [2.45, 2.75) is 13.5 Å². The summed E-state index contributed by atoms with van der Waals surface area (Å²) >= 11 is 0. The Bertz CT molecular complexity index is 1290. The van der Waals surface area contributed by atoms with E-state index in [1.807, 2.05) is 72.8 Å². The maximum absolute atomic E-state index is 12.5. The molecule has 1 heterocycles. The van der Waals surface area contributed by atoms with Crippen molar-refractivity contribution < 1.29 is 28.5 Å². The third-order valence-corrected chi connectivity index (χ3v) is 5.46. The molecule has 192 valence electrons. The Morgan fingerprint density at radius 3 is 2.03 bits per heavy atom. The summed E-state index contributed by atoms with van der Waals surface area (Å²) in [5.41, 5.74) is 3.00. The molecule has 0 aliphatic carbocycles. The van der Waals surface area contributed by atoms with Gasteiger partial charge in [0.15, 0.2) is 0 Å². The average Bonchev–Trinajstić information content (AvgIpc) is 3.32. The number of methoxy groups -OCH3 is 2. The lowest BCUT2D eigenvalue weighted by molar-refractivity contribution is 0.0516. The second-order valence-electron chi connectivity index (χ2n) is 7.96. The molecule has 0 aliphatic rings. The molecular formula is C28H29N3O6. The van der Waals surface area contributed by atoms with E-state index in [1.165, 1.54) is 4.68 Å². The number of hydrogen-bond donors (Lipinski definition) is 0. The van der Waals surface area contributed by atoms with Gasteiger partial charge in [0, 0.05) is 7.11 Å². The fourth-order valence-corrected chi connectivity index (χ4v) is 3.55. The Morgan fingerprint density at radius 1 is 0.811 bits per heavy atom. The van der Waals surface area contributed by atoms with E-state index in [9.17, 15) is 4.79 Å². The van der Waals surface area contributed by atoms with Gasteiger partial charge in [-0.2, -0.15) is 0 Å². The second-order valence-corrected chi connectivity index (χ2v) is 7.96. The number of rotatable bonds is 12. The highest BCUT2D eigenvalue weighted by molar-refractivity contribution is 5.89. The third kappa shape index (κ3) is 6.65. The molecule has 0 radical (unpaired) electrons. The van der Waals surface area contributed by atoms with Crippen LogP contribution in [0, 0.1) is 0 Å². The van der Waals surface area contributed by atoms with E-state index in [1.54, 1.807) is 21.1 Å². The largest absolute Gasteiger partial charge is 0.497 e. The Kier molecular flexibility index (Phi) is 8.72. The van der Waals surface area contributed by atoms with Crippen LogP contribution in [-0.2, 0) is 16.0 Å². The summed E-state index contributed by atoms with van der Waals surface area (Å²) in [6.45, 7) is 3.34. The van der Waals surface area contributed by atoms with Gasteiger partial charge in [-0.15, -0.1) is 5.10 Å². The van der Waals surface area contributed by atoms with E-state index in [0.29, 0.717) is 25.5 Å². The maximum Gasteiger partial charge on any atom is 0.364 e. The molecule has 0 amide bonds. The van der Waals surface area contributed by atoms with Crippen LogP contribution in [-0.4, -0.2) is 55.0 Å². The van der Waals surface area contributed by atoms with Crippen LogP contribution in [0.15, 0.2) is 72.8 Å². The summed E-state index contributed by atoms with van der Waals surface area (Å²) in [4.78, 5) is 12.5. The monoisotopic (exact) mass is 503 g/mol. The number of hydrogen-bond acceptors (Lipinski definition) is 8. The van der Waals surface area contributed by atoms with Gasteiger partial charge in [0.25, 0.3) is 5.88 Å². The van der Waals surface area contributed by atoms with Crippen LogP contribution >= 0.6 is 0 Å². The minimum atomic E-state index is -0.595. The molecule has 4 aromatic rings. The van der Waals surface area contributed by atoms with Crippen molar-refractivity contribution in [2.75, 3.05) is 34.0 Å². The standard InChI is InChI=1S/C28H29N3O6/c1-4-35-28(32)26-27(31(30-29-26)19-20-5-11-23(34-3)12-6-20)37-25-15-9-22(10-16-25)21-7-13-24(14-8-21)36-18-17-33-2/h5-16H,4,17-19H2,1-3H3. The molecule has 0 bridgehead atoms. The van der Waals surface area contributed by atoms with E-state index in [2.05, 4.69) is 10.3 Å². The highest BCUT2D eigenvalue weighted by Gasteiger charge is 2.23. The quantitative estimate of drug-likeness (QED) is 0.197. The van der Waals surface area contributed by atoms with Crippen molar-refractivity contribution in [3.8, 4) is 34.3 Å². The van der Waals surface area contributed by atoms with Gasteiger partial charge in [-0.05, 0) is 60.0 Å². The predicted molar refractivity (Wildman–Crippen MR) is 137 cm³/mol. The van der Waals surface area contributed by atoms with E-state index in [4.69, 9.17) is 23.7 Å². The van der Waals surface area contributed by atoms with Crippen LogP contribution in [0.2, 0.25) is 0 Å². The first kappa shape index (κ1) is 25.7. The molecule has 1 aromatic heterocycles. The molecule has 37 heavy (non-hydrogen) atoms. The number of aromatic nitrogens is 3. The minimum absolute atomic E-state index is 0.0171. The van der Waals surface area contributed by atoms with Crippen LogP contribution in [0.3, 0.4) is 0 Å². The lowest BCUT2D eigenvalue weighted by Gasteiger charge is -2.11. The van der Waals surface area contributed by atoms with Gasteiger partial charge in [0.05, 0.1) is 26.9 Å². The van der Waals surface area contributed by atoms with Gasteiger partial charge in [-0.25, -0.2) is 9.48 Å². The maximum atomic E-state index is 12.5. The summed E-state index contributed by atoms with van der Waals surface area (Å²) in [5.74, 6) is 1.68. The Labute approximate surface area is 215 Å². The van der Waals surface area contributed by atoms with E-state index in [0.717, 1.165) is 28.2 Å². The SMILES string of the molecule is CCOC(=O)c1nnn(Cc2ccc(OC)cc2)c1Oc1ccc(-c2ccc(OCCOC)cc2)cc1. The Morgan fingerprint density at radius 2 is 1.43 bits per heavy atom. The van der Waals surface area contributed by atoms with E-state index >= 15 is 0 Å². The van der Waals surface area contributed by atoms with Crippen molar-refractivity contribution in [2.24, 2.45) is 0 Å². The molecule has 0 saturated heterocycles. The number of benzene rings is 3. The van der Waals surface area contributed by atoms with Crippen molar-refractivity contribution >= 4 is 5.97 Å². The number of carbonyl (C=O) groups excluding carboxylic acids is 1. The summed E-state index contributed by atoms with van der Waals surface area (Å²) in [7, 11) is 3.26. The van der Waals surface area contributed by atoms with Crippen LogP contribution in [0.5, 0.6) is 23.1 Å². The van der Waals surface area contributed by atoms with Gasteiger partial charge in [0.1, 0.15) is 23.9 Å². The van der Waals surface area contributed by atoms with Gasteiger partial charge in [-0.3, -0.25) is 0 Å². The lowest BCUT2D eigenvalue weighted by atomic mass is 10.1. The number of ether oxygens (including phenoxy) is 5. The molecule has 0 atom stereocenters. The molecule has 0 spiro atoms. The van der Waals surface area contributed by atoms with Crippen molar-refractivity contribution in [1.29, 1.82) is 0 Å². The first-order valence-electron chi connectivity index (χ1n) is 11.8. The van der Waals surface area contributed by atoms with Crippen LogP contribution in [0.25, 0.3) is 11.1 Å². The van der Waals surface area contributed by atoms with Crippen LogP contribution < -0.4 is 14.2 Å². The molecule has 0 aliphatic heterocycles. The molecule has 9 heteroatoms. The van der Waals surface area contributed by atoms with Gasteiger partial charge in [-0.1, -0.05) is 41.6 Å². The average molecular weight is 504 g/mol. The normalized spacial score (nSPS) is 10.7.